The number of imidazole rings is 1. The van der Waals surface area contributed by atoms with E-state index < -0.39 is 11.6 Å². The SMILES string of the molecule is Cc1cc(Cn2c(CCl)nc3ccc(F)c(F)c32)no1. The van der Waals surface area contributed by atoms with Gasteiger partial charge in [-0.3, -0.25) is 0 Å². The van der Waals surface area contributed by atoms with Gasteiger partial charge in [0.2, 0.25) is 0 Å². The average Bonchev–Trinajstić information content (AvgIpc) is 2.99. The smallest absolute Gasteiger partial charge is 0.184 e. The van der Waals surface area contributed by atoms with E-state index >= 15 is 0 Å². The van der Waals surface area contributed by atoms with Crippen molar-refractivity contribution in [3.63, 3.8) is 0 Å². The van der Waals surface area contributed by atoms with Gasteiger partial charge in [0.1, 0.15) is 22.8 Å². The number of aromatic nitrogens is 3. The van der Waals surface area contributed by atoms with Gasteiger partial charge in [-0.1, -0.05) is 5.16 Å². The van der Waals surface area contributed by atoms with Gasteiger partial charge in [0, 0.05) is 6.07 Å². The van der Waals surface area contributed by atoms with Gasteiger partial charge in [0.25, 0.3) is 0 Å². The van der Waals surface area contributed by atoms with Crippen LogP contribution in [0.5, 0.6) is 0 Å². The highest BCUT2D eigenvalue weighted by molar-refractivity contribution is 6.16. The Bertz CT molecular complexity index is 781. The summed E-state index contributed by atoms with van der Waals surface area (Å²) in [5.74, 6) is -0.676. The van der Waals surface area contributed by atoms with Crippen LogP contribution in [-0.2, 0) is 12.4 Å². The van der Waals surface area contributed by atoms with E-state index in [1.54, 1.807) is 13.0 Å². The molecule has 0 unspecified atom stereocenters. The number of benzene rings is 1. The molecule has 0 aliphatic heterocycles. The Hall–Kier alpha value is -1.95. The van der Waals surface area contributed by atoms with Crippen molar-refractivity contribution in [1.82, 2.24) is 14.7 Å². The first-order chi connectivity index (χ1) is 9.60. The van der Waals surface area contributed by atoms with Crippen molar-refractivity contribution in [1.29, 1.82) is 0 Å². The predicted octanol–water partition coefficient (Wildman–Crippen LogP) is 3.40. The third-order valence-electron chi connectivity index (χ3n) is 3.00. The molecule has 0 bridgehead atoms. The second-order valence-electron chi connectivity index (χ2n) is 4.41. The fourth-order valence-corrected chi connectivity index (χ4v) is 2.34. The van der Waals surface area contributed by atoms with Crippen LogP contribution >= 0.6 is 11.6 Å². The Morgan fingerprint density at radius 3 is 2.80 bits per heavy atom. The second kappa shape index (κ2) is 4.86. The minimum atomic E-state index is -0.938. The predicted molar refractivity (Wildman–Crippen MR) is 69.5 cm³/mol. The Morgan fingerprint density at radius 1 is 1.35 bits per heavy atom. The quantitative estimate of drug-likeness (QED) is 0.696. The molecule has 0 saturated heterocycles. The van der Waals surface area contributed by atoms with Gasteiger partial charge in [0.05, 0.1) is 17.9 Å². The van der Waals surface area contributed by atoms with Crippen molar-refractivity contribution in [3.8, 4) is 0 Å². The summed E-state index contributed by atoms with van der Waals surface area (Å²) in [6.45, 7) is 1.97. The lowest BCUT2D eigenvalue weighted by atomic mass is 10.3. The van der Waals surface area contributed by atoms with Crippen LogP contribution < -0.4 is 0 Å². The summed E-state index contributed by atoms with van der Waals surface area (Å²) >= 11 is 5.82. The van der Waals surface area contributed by atoms with Crippen molar-refractivity contribution in [2.45, 2.75) is 19.3 Å². The molecule has 0 amide bonds. The van der Waals surface area contributed by atoms with Crippen LogP contribution in [0.3, 0.4) is 0 Å². The highest BCUT2D eigenvalue weighted by Crippen LogP contribution is 2.23. The van der Waals surface area contributed by atoms with Crippen LogP contribution in [-0.4, -0.2) is 14.7 Å². The number of hydrogen-bond donors (Lipinski definition) is 0. The molecule has 3 aromatic rings. The first-order valence-electron chi connectivity index (χ1n) is 5.91. The number of fused-ring (bicyclic) bond motifs is 1. The molecule has 3 rings (SSSR count). The first-order valence-corrected chi connectivity index (χ1v) is 6.45. The van der Waals surface area contributed by atoms with E-state index in [1.165, 1.54) is 10.6 Å². The van der Waals surface area contributed by atoms with Crippen LogP contribution in [0, 0.1) is 18.6 Å². The first kappa shape index (κ1) is 13.1. The molecule has 104 valence electrons. The van der Waals surface area contributed by atoms with Gasteiger partial charge in [-0.05, 0) is 19.1 Å². The van der Waals surface area contributed by atoms with Gasteiger partial charge in [-0.25, -0.2) is 13.8 Å². The van der Waals surface area contributed by atoms with Crippen LogP contribution in [0.1, 0.15) is 17.3 Å². The minimum Gasteiger partial charge on any atom is -0.361 e. The lowest BCUT2D eigenvalue weighted by Gasteiger charge is -2.05. The van der Waals surface area contributed by atoms with Crippen LogP contribution in [0.2, 0.25) is 0 Å². The molecule has 2 heterocycles. The number of halogens is 3. The fraction of sp³-hybridized carbons (Fsp3) is 0.231. The van der Waals surface area contributed by atoms with E-state index in [1.807, 2.05) is 0 Å². The molecule has 7 heteroatoms. The standard InChI is InChI=1S/C13H10ClF2N3O/c1-7-4-8(18-20-7)6-19-11(5-14)17-10-3-2-9(15)12(16)13(10)19/h2-4H,5-6H2,1H3. The number of nitrogens with zero attached hydrogens (tertiary/aromatic N) is 3. The molecule has 1 aromatic carbocycles. The van der Waals surface area contributed by atoms with E-state index in [0.717, 1.165) is 6.07 Å². The molecule has 0 fully saturated rings. The summed E-state index contributed by atoms with van der Waals surface area (Å²) in [5.41, 5.74) is 1.04. The third-order valence-corrected chi connectivity index (χ3v) is 3.23. The third kappa shape index (κ3) is 2.06. The Kier molecular flexibility index (Phi) is 3.17. The monoisotopic (exact) mass is 297 g/mol. The molecule has 0 saturated carbocycles. The second-order valence-corrected chi connectivity index (χ2v) is 4.67. The van der Waals surface area contributed by atoms with Crippen molar-refractivity contribution < 1.29 is 13.3 Å². The topological polar surface area (TPSA) is 43.9 Å². The number of rotatable bonds is 3. The molecule has 4 nitrogen and oxygen atoms in total. The van der Waals surface area contributed by atoms with E-state index in [4.69, 9.17) is 16.1 Å². The molecule has 0 N–H and O–H groups in total. The fourth-order valence-electron chi connectivity index (χ4n) is 2.13. The summed E-state index contributed by atoms with van der Waals surface area (Å²) < 4.78 is 33.9. The maximum absolute atomic E-state index is 14.0. The highest BCUT2D eigenvalue weighted by atomic mass is 35.5. The molecule has 0 aliphatic carbocycles. The van der Waals surface area contributed by atoms with Crippen molar-refractivity contribution >= 4 is 22.6 Å². The maximum Gasteiger partial charge on any atom is 0.184 e. The van der Waals surface area contributed by atoms with Gasteiger partial charge in [0.15, 0.2) is 11.6 Å². The Balaban J connectivity index is 2.19. The summed E-state index contributed by atoms with van der Waals surface area (Å²) in [6, 6.07) is 4.20. The van der Waals surface area contributed by atoms with Crippen LogP contribution in [0.25, 0.3) is 11.0 Å². The number of hydrogen-bond acceptors (Lipinski definition) is 3. The van der Waals surface area contributed by atoms with Crippen LogP contribution in [0.4, 0.5) is 8.78 Å². The molecule has 0 spiro atoms. The van der Waals surface area contributed by atoms with E-state index in [-0.39, 0.29) is 17.9 Å². The zero-order chi connectivity index (χ0) is 14.3. The maximum atomic E-state index is 14.0. The summed E-state index contributed by atoms with van der Waals surface area (Å²) in [5, 5.41) is 3.84. The summed E-state index contributed by atoms with van der Waals surface area (Å²) in [4.78, 5) is 4.20. The molecule has 20 heavy (non-hydrogen) atoms. The molecule has 2 aromatic heterocycles. The van der Waals surface area contributed by atoms with Crippen molar-refractivity contribution in [2.24, 2.45) is 0 Å². The van der Waals surface area contributed by atoms with Gasteiger partial charge < -0.3 is 9.09 Å². The lowest BCUT2D eigenvalue weighted by Crippen LogP contribution is -2.05. The summed E-state index contributed by atoms with van der Waals surface area (Å²) in [6.07, 6.45) is 0. The van der Waals surface area contributed by atoms with Crippen molar-refractivity contribution in [3.05, 3.63) is 47.1 Å². The van der Waals surface area contributed by atoms with Gasteiger partial charge in [-0.15, -0.1) is 11.6 Å². The molecule has 0 radical (unpaired) electrons. The van der Waals surface area contributed by atoms with Crippen LogP contribution in [0.15, 0.2) is 22.7 Å². The Morgan fingerprint density at radius 2 is 2.15 bits per heavy atom. The molecule has 0 atom stereocenters. The van der Waals surface area contributed by atoms with E-state index in [2.05, 4.69) is 10.1 Å². The van der Waals surface area contributed by atoms with E-state index in [0.29, 0.717) is 22.8 Å². The molecular formula is C13H10ClF2N3O. The average molecular weight is 298 g/mol. The Labute approximate surface area is 118 Å². The normalized spacial score (nSPS) is 11.4. The zero-order valence-electron chi connectivity index (χ0n) is 10.5. The zero-order valence-corrected chi connectivity index (χ0v) is 11.3. The van der Waals surface area contributed by atoms with Gasteiger partial charge >= 0.3 is 0 Å². The molecule has 0 aliphatic rings. The van der Waals surface area contributed by atoms with Crippen molar-refractivity contribution in [2.75, 3.05) is 0 Å². The molecular weight excluding hydrogens is 288 g/mol. The van der Waals surface area contributed by atoms with E-state index in [9.17, 15) is 8.78 Å². The largest absolute Gasteiger partial charge is 0.361 e. The van der Waals surface area contributed by atoms with Gasteiger partial charge in [-0.2, -0.15) is 0 Å². The number of alkyl halides is 1. The minimum absolute atomic E-state index is 0.0845. The number of aryl methyl sites for hydroxylation is 1. The lowest BCUT2D eigenvalue weighted by molar-refractivity contribution is 0.389. The summed E-state index contributed by atoms with van der Waals surface area (Å²) in [7, 11) is 0. The highest BCUT2D eigenvalue weighted by Gasteiger charge is 2.18.